The molecule has 38 heavy (non-hydrogen) atoms. The van der Waals surface area contributed by atoms with Crippen LogP contribution in [0.5, 0.6) is 11.8 Å². The van der Waals surface area contributed by atoms with E-state index >= 15 is 0 Å². The maximum atomic E-state index is 12.8. The Morgan fingerprint density at radius 2 is 1.71 bits per heavy atom. The Balaban J connectivity index is 1.65. The van der Waals surface area contributed by atoms with E-state index in [1.165, 1.54) is 6.08 Å². The molecule has 3 heterocycles. The fourth-order valence-electron chi connectivity index (χ4n) is 4.33. The van der Waals surface area contributed by atoms with E-state index in [9.17, 15) is 9.59 Å². The average molecular weight is 505 g/mol. The van der Waals surface area contributed by atoms with Crippen molar-refractivity contribution in [2.75, 3.05) is 5.32 Å². The van der Waals surface area contributed by atoms with Crippen LogP contribution in [0.1, 0.15) is 21.7 Å². The maximum Gasteiger partial charge on any atom is 0.322 e. The number of aromatic nitrogens is 4. The molecule has 188 valence electrons. The van der Waals surface area contributed by atoms with Gasteiger partial charge in [0.25, 0.3) is 5.91 Å². The highest BCUT2D eigenvalue weighted by molar-refractivity contribution is 6.11. The SMILES string of the molecule is C=CC(=O)Nc1ccc(-c2c(-c3ccc(Oc4nccc(C)n4)cc3)c(C(N)=O)c3cncc(C)n23)cc1. The number of rotatable bonds is 7. The van der Waals surface area contributed by atoms with Gasteiger partial charge in [0.05, 0.1) is 23.0 Å². The maximum absolute atomic E-state index is 12.8. The van der Waals surface area contributed by atoms with E-state index in [0.29, 0.717) is 28.1 Å². The van der Waals surface area contributed by atoms with Gasteiger partial charge in [0.2, 0.25) is 5.91 Å². The molecule has 0 fully saturated rings. The highest BCUT2D eigenvalue weighted by atomic mass is 16.5. The lowest BCUT2D eigenvalue weighted by Gasteiger charge is -2.12. The number of carbonyl (C=O) groups is 2. The van der Waals surface area contributed by atoms with Crippen LogP contribution in [0, 0.1) is 13.8 Å². The third kappa shape index (κ3) is 4.60. The Morgan fingerprint density at radius 3 is 2.37 bits per heavy atom. The number of nitrogens with one attached hydrogen (secondary N) is 1. The molecule has 3 N–H and O–H groups in total. The number of hydrogen-bond donors (Lipinski definition) is 2. The molecule has 0 saturated carbocycles. The van der Waals surface area contributed by atoms with Crippen molar-refractivity contribution in [3.63, 3.8) is 0 Å². The topological polar surface area (TPSA) is 124 Å². The van der Waals surface area contributed by atoms with Crippen molar-refractivity contribution in [2.24, 2.45) is 5.73 Å². The number of anilines is 1. The molecule has 2 amide bonds. The van der Waals surface area contributed by atoms with E-state index in [4.69, 9.17) is 10.5 Å². The minimum absolute atomic E-state index is 0.246. The molecule has 0 saturated heterocycles. The van der Waals surface area contributed by atoms with Gasteiger partial charge < -0.3 is 20.2 Å². The first-order valence-electron chi connectivity index (χ1n) is 11.8. The summed E-state index contributed by atoms with van der Waals surface area (Å²) in [5, 5.41) is 2.75. The molecule has 9 heteroatoms. The van der Waals surface area contributed by atoms with Crippen LogP contribution >= 0.6 is 0 Å². The molecule has 2 aromatic carbocycles. The molecule has 0 atom stereocenters. The Morgan fingerprint density at radius 1 is 1.00 bits per heavy atom. The highest BCUT2D eigenvalue weighted by Crippen LogP contribution is 2.40. The van der Waals surface area contributed by atoms with E-state index < -0.39 is 5.91 Å². The summed E-state index contributed by atoms with van der Waals surface area (Å²) >= 11 is 0. The summed E-state index contributed by atoms with van der Waals surface area (Å²) in [7, 11) is 0. The molecule has 3 aromatic heterocycles. The van der Waals surface area contributed by atoms with Gasteiger partial charge in [0, 0.05) is 35.0 Å². The first-order chi connectivity index (χ1) is 18.4. The van der Waals surface area contributed by atoms with Gasteiger partial charge in [0.1, 0.15) is 5.75 Å². The van der Waals surface area contributed by atoms with Gasteiger partial charge in [-0.25, -0.2) is 9.97 Å². The van der Waals surface area contributed by atoms with Crippen LogP contribution in [0.3, 0.4) is 0 Å². The van der Waals surface area contributed by atoms with Crippen molar-refractivity contribution in [3.8, 4) is 34.1 Å². The van der Waals surface area contributed by atoms with E-state index in [1.54, 1.807) is 48.9 Å². The summed E-state index contributed by atoms with van der Waals surface area (Å²) in [5.41, 5.74) is 12.1. The summed E-state index contributed by atoms with van der Waals surface area (Å²) in [4.78, 5) is 37.2. The predicted molar refractivity (Wildman–Crippen MR) is 145 cm³/mol. The van der Waals surface area contributed by atoms with Crippen molar-refractivity contribution in [1.82, 2.24) is 19.4 Å². The molecule has 5 aromatic rings. The summed E-state index contributed by atoms with van der Waals surface area (Å²) in [6, 6.07) is 16.7. The predicted octanol–water partition coefficient (Wildman–Crippen LogP) is 5.09. The van der Waals surface area contributed by atoms with Crippen LogP contribution in [-0.2, 0) is 4.79 Å². The Bertz CT molecular complexity index is 1690. The van der Waals surface area contributed by atoms with Crippen LogP contribution in [0.15, 0.2) is 85.8 Å². The lowest BCUT2D eigenvalue weighted by atomic mass is 9.96. The number of benzene rings is 2. The minimum atomic E-state index is -0.570. The Hall–Kier alpha value is -5.31. The molecule has 5 rings (SSSR count). The molecule has 0 aliphatic carbocycles. The quantitative estimate of drug-likeness (QED) is 0.298. The minimum Gasteiger partial charge on any atom is -0.424 e. The van der Waals surface area contributed by atoms with E-state index in [-0.39, 0.29) is 11.9 Å². The first-order valence-corrected chi connectivity index (χ1v) is 11.8. The summed E-state index contributed by atoms with van der Waals surface area (Å²) < 4.78 is 7.77. The molecule has 0 spiro atoms. The second-order valence-corrected chi connectivity index (χ2v) is 8.61. The number of fused-ring (bicyclic) bond motifs is 1. The number of nitrogens with two attached hydrogens (primary N) is 1. The van der Waals surface area contributed by atoms with Gasteiger partial charge in [-0.05, 0) is 61.4 Å². The number of hydrogen-bond acceptors (Lipinski definition) is 6. The fourth-order valence-corrected chi connectivity index (χ4v) is 4.33. The van der Waals surface area contributed by atoms with Crippen molar-refractivity contribution >= 4 is 23.0 Å². The fraction of sp³-hybridized carbons (Fsp3) is 0.0690. The van der Waals surface area contributed by atoms with Crippen LogP contribution in [0.25, 0.3) is 27.9 Å². The zero-order valence-electron chi connectivity index (χ0n) is 20.8. The van der Waals surface area contributed by atoms with Gasteiger partial charge in [-0.3, -0.25) is 14.6 Å². The molecule has 0 radical (unpaired) electrons. The summed E-state index contributed by atoms with van der Waals surface area (Å²) in [6.45, 7) is 7.25. The lowest BCUT2D eigenvalue weighted by molar-refractivity contribution is -0.111. The summed E-state index contributed by atoms with van der Waals surface area (Å²) in [5.74, 6) is -0.326. The third-order valence-electron chi connectivity index (χ3n) is 6.00. The standard InChI is InChI=1S/C29H24N6O3/c1-4-24(36)34-21-9-5-20(6-10-21)27-25(26(28(30)37)23-16-31-15-18(3)35(23)27)19-7-11-22(12-8-19)38-29-32-14-13-17(2)33-29/h4-16H,1H2,2-3H3,(H2,30,37)(H,34,36). The van der Waals surface area contributed by atoms with Gasteiger partial charge in [-0.15, -0.1) is 0 Å². The van der Waals surface area contributed by atoms with Gasteiger partial charge in [-0.2, -0.15) is 0 Å². The second kappa shape index (κ2) is 9.98. The molecule has 9 nitrogen and oxygen atoms in total. The lowest BCUT2D eigenvalue weighted by Crippen LogP contribution is -2.12. The molecule has 0 aliphatic rings. The van der Waals surface area contributed by atoms with Crippen molar-refractivity contribution in [2.45, 2.75) is 13.8 Å². The van der Waals surface area contributed by atoms with Gasteiger partial charge in [0.15, 0.2) is 0 Å². The number of nitrogens with zero attached hydrogens (tertiary/aromatic N) is 4. The summed E-state index contributed by atoms with van der Waals surface area (Å²) in [6.07, 6.45) is 6.20. The Kier molecular flexibility index (Phi) is 6.40. The molecule has 0 unspecified atom stereocenters. The van der Waals surface area contributed by atoms with Crippen LogP contribution < -0.4 is 15.8 Å². The van der Waals surface area contributed by atoms with Crippen LogP contribution in [-0.4, -0.2) is 31.2 Å². The van der Waals surface area contributed by atoms with E-state index in [1.807, 2.05) is 42.5 Å². The number of amides is 2. The zero-order chi connectivity index (χ0) is 26.8. The highest BCUT2D eigenvalue weighted by Gasteiger charge is 2.25. The van der Waals surface area contributed by atoms with Gasteiger partial charge >= 0.3 is 6.01 Å². The molecular formula is C29H24N6O3. The largest absolute Gasteiger partial charge is 0.424 e. The average Bonchev–Trinajstić information content (AvgIpc) is 3.26. The zero-order valence-corrected chi connectivity index (χ0v) is 20.8. The number of primary amides is 1. The number of ether oxygens (including phenoxy) is 1. The molecule has 0 bridgehead atoms. The van der Waals surface area contributed by atoms with E-state index in [2.05, 4.69) is 26.8 Å². The van der Waals surface area contributed by atoms with Crippen molar-refractivity contribution in [3.05, 3.63) is 103 Å². The van der Waals surface area contributed by atoms with Crippen molar-refractivity contribution in [1.29, 1.82) is 0 Å². The molecule has 0 aliphatic heterocycles. The van der Waals surface area contributed by atoms with Crippen LogP contribution in [0.4, 0.5) is 5.69 Å². The Labute approximate surface area is 218 Å². The second-order valence-electron chi connectivity index (χ2n) is 8.61. The van der Waals surface area contributed by atoms with Crippen molar-refractivity contribution < 1.29 is 14.3 Å². The number of carbonyl (C=O) groups excluding carboxylic acids is 2. The van der Waals surface area contributed by atoms with E-state index in [0.717, 1.165) is 28.2 Å². The smallest absolute Gasteiger partial charge is 0.322 e. The molecular weight excluding hydrogens is 480 g/mol. The van der Waals surface area contributed by atoms with Crippen LogP contribution in [0.2, 0.25) is 0 Å². The third-order valence-corrected chi connectivity index (χ3v) is 6.00. The monoisotopic (exact) mass is 504 g/mol. The first kappa shape index (κ1) is 24.4. The van der Waals surface area contributed by atoms with Gasteiger partial charge in [-0.1, -0.05) is 30.8 Å². The normalized spacial score (nSPS) is 10.8. The number of aryl methyl sites for hydroxylation is 2.